The van der Waals surface area contributed by atoms with Gasteiger partial charge < -0.3 is 14.7 Å². The molecule has 6 heteroatoms. The molecule has 28 heavy (non-hydrogen) atoms. The van der Waals surface area contributed by atoms with Crippen LogP contribution >= 0.6 is 11.6 Å². The Bertz CT molecular complexity index is 971. The van der Waals surface area contributed by atoms with E-state index >= 15 is 0 Å². The van der Waals surface area contributed by atoms with Gasteiger partial charge in [0.1, 0.15) is 5.60 Å². The molecular formula is C22H19ClN2O3. The van der Waals surface area contributed by atoms with Crippen LogP contribution in [0.3, 0.4) is 0 Å². The van der Waals surface area contributed by atoms with Gasteiger partial charge in [-0.15, -0.1) is 0 Å². The molecule has 142 valence electrons. The van der Waals surface area contributed by atoms with Crippen molar-refractivity contribution in [3.8, 4) is 11.1 Å². The molecule has 0 unspecified atom stereocenters. The summed E-state index contributed by atoms with van der Waals surface area (Å²) in [6.07, 6.45) is 2.60. The number of amides is 1. The van der Waals surface area contributed by atoms with Crippen LogP contribution < -0.4 is 0 Å². The highest BCUT2D eigenvalue weighted by Gasteiger charge is 2.49. The molecule has 2 aromatic carbocycles. The summed E-state index contributed by atoms with van der Waals surface area (Å²) in [5.74, 6) is 0. The predicted octanol–water partition coefficient (Wildman–Crippen LogP) is 4.81. The largest absolute Gasteiger partial charge is 0.465 e. The van der Waals surface area contributed by atoms with Gasteiger partial charge in [-0.3, -0.25) is 4.98 Å². The van der Waals surface area contributed by atoms with Crippen molar-refractivity contribution in [2.24, 2.45) is 0 Å². The van der Waals surface area contributed by atoms with E-state index < -0.39 is 11.7 Å². The van der Waals surface area contributed by atoms with Gasteiger partial charge in [0.2, 0.25) is 0 Å². The number of nitrogens with zero attached hydrogens (tertiary/aromatic N) is 2. The van der Waals surface area contributed by atoms with Gasteiger partial charge in [0.25, 0.3) is 0 Å². The third-order valence-corrected chi connectivity index (χ3v) is 5.23. The smallest absolute Gasteiger partial charge is 0.407 e. The van der Waals surface area contributed by atoms with Crippen molar-refractivity contribution >= 4 is 17.7 Å². The first-order valence-electron chi connectivity index (χ1n) is 8.94. The molecule has 1 amide bonds. The van der Waals surface area contributed by atoms with Gasteiger partial charge >= 0.3 is 6.09 Å². The highest BCUT2D eigenvalue weighted by atomic mass is 35.5. The molecule has 1 saturated heterocycles. The molecule has 1 N–H and O–H groups in total. The van der Waals surface area contributed by atoms with Crippen LogP contribution in [0.4, 0.5) is 4.79 Å². The third kappa shape index (κ3) is 3.59. The number of hydrogen-bond donors (Lipinski definition) is 1. The normalized spacial score (nSPS) is 15.1. The Labute approximate surface area is 168 Å². The second-order valence-corrected chi connectivity index (χ2v) is 7.27. The van der Waals surface area contributed by atoms with Gasteiger partial charge in [-0.2, -0.15) is 0 Å². The second kappa shape index (κ2) is 7.62. The number of pyridine rings is 1. The lowest BCUT2D eigenvalue weighted by Gasteiger charge is -2.49. The predicted molar refractivity (Wildman–Crippen MR) is 107 cm³/mol. The van der Waals surface area contributed by atoms with Crippen molar-refractivity contribution in [1.29, 1.82) is 0 Å². The molecule has 1 fully saturated rings. The highest BCUT2D eigenvalue weighted by Crippen LogP contribution is 2.41. The average molecular weight is 395 g/mol. The van der Waals surface area contributed by atoms with Crippen molar-refractivity contribution in [3.63, 3.8) is 0 Å². The summed E-state index contributed by atoms with van der Waals surface area (Å²) >= 11 is 5.96. The van der Waals surface area contributed by atoms with Gasteiger partial charge in [0, 0.05) is 23.0 Å². The van der Waals surface area contributed by atoms with Crippen LogP contribution in [-0.4, -0.2) is 34.2 Å². The average Bonchev–Trinajstić information content (AvgIpc) is 2.69. The minimum Gasteiger partial charge on any atom is -0.465 e. The quantitative estimate of drug-likeness (QED) is 0.674. The summed E-state index contributed by atoms with van der Waals surface area (Å²) in [6.45, 7) is 0.937. The maximum atomic E-state index is 11.4. The second-order valence-electron chi connectivity index (χ2n) is 6.84. The summed E-state index contributed by atoms with van der Waals surface area (Å²) in [6, 6.07) is 19.3. The summed E-state index contributed by atoms with van der Waals surface area (Å²) < 4.78 is 6.35. The van der Waals surface area contributed by atoms with E-state index in [9.17, 15) is 9.90 Å². The maximum Gasteiger partial charge on any atom is 0.407 e. The van der Waals surface area contributed by atoms with Crippen molar-refractivity contribution < 1.29 is 14.6 Å². The molecule has 0 aliphatic carbocycles. The van der Waals surface area contributed by atoms with Crippen LogP contribution in [0.25, 0.3) is 11.1 Å². The van der Waals surface area contributed by atoms with E-state index in [-0.39, 0.29) is 13.1 Å². The van der Waals surface area contributed by atoms with E-state index in [1.807, 2.05) is 60.7 Å². The van der Waals surface area contributed by atoms with E-state index in [1.165, 1.54) is 4.90 Å². The van der Waals surface area contributed by atoms with Crippen molar-refractivity contribution in [2.45, 2.75) is 12.2 Å². The van der Waals surface area contributed by atoms with E-state index in [4.69, 9.17) is 16.3 Å². The lowest BCUT2D eigenvalue weighted by atomic mass is 9.81. The Balaban J connectivity index is 1.67. The Morgan fingerprint density at radius 2 is 1.86 bits per heavy atom. The number of hydrogen-bond acceptors (Lipinski definition) is 3. The topological polar surface area (TPSA) is 62.7 Å². The van der Waals surface area contributed by atoms with E-state index in [1.54, 1.807) is 12.4 Å². The minimum atomic E-state index is -0.940. The number of ether oxygens (including phenoxy) is 1. The van der Waals surface area contributed by atoms with Crippen LogP contribution in [0, 0.1) is 0 Å². The number of likely N-dealkylation sites (tertiary alicyclic amines) is 1. The third-order valence-electron chi connectivity index (χ3n) is 4.98. The van der Waals surface area contributed by atoms with Gasteiger partial charge in [-0.1, -0.05) is 54.1 Å². The number of rotatable bonds is 5. The maximum absolute atomic E-state index is 11.4. The first-order chi connectivity index (χ1) is 13.6. The van der Waals surface area contributed by atoms with Gasteiger partial charge in [0.05, 0.1) is 19.7 Å². The molecule has 1 aliphatic rings. The zero-order valence-corrected chi connectivity index (χ0v) is 15.8. The first-order valence-corrected chi connectivity index (χ1v) is 9.31. The summed E-state index contributed by atoms with van der Waals surface area (Å²) in [5, 5.41) is 10.0. The standard InChI is InChI=1S/C22H19ClN2O3/c23-18-9-7-16(8-10-18)13-28-22(14-25(15-22)21(26)27)20-6-2-1-5-19(20)17-4-3-11-24-12-17/h1-12H,13-15H2,(H,26,27). The van der Waals surface area contributed by atoms with Gasteiger partial charge in [0.15, 0.2) is 0 Å². The fraction of sp³-hybridized carbons (Fsp3) is 0.182. The van der Waals surface area contributed by atoms with E-state index in [0.29, 0.717) is 11.6 Å². The van der Waals surface area contributed by atoms with Crippen molar-refractivity contribution in [3.05, 3.63) is 89.2 Å². The minimum absolute atomic E-state index is 0.285. The van der Waals surface area contributed by atoms with Crippen LogP contribution in [0.1, 0.15) is 11.1 Å². The Morgan fingerprint density at radius 3 is 2.54 bits per heavy atom. The molecule has 5 nitrogen and oxygen atoms in total. The molecule has 0 atom stereocenters. The molecule has 4 rings (SSSR count). The van der Waals surface area contributed by atoms with E-state index in [2.05, 4.69) is 4.98 Å². The van der Waals surface area contributed by atoms with Crippen LogP contribution in [0.5, 0.6) is 0 Å². The van der Waals surface area contributed by atoms with Crippen LogP contribution in [-0.2, 0) is 16.9 Å². The van der Waals surface area contributed by atoms with Crippen LogP contribution in [0.2, 0.25) is 5.02 Å². The number of aromatic nitrogens is 1. The van der Waals surface area contributed by atoms with E-state index in [0.717, 1.165) is 22.3 Å². The summed E-state index contributed by atoms with van der Waals surface area (Å²) in [4.78, 5) is 17.0. The number of halogens is 1. The van der Waals surface area contributed by atoms with Gasteiger partial charge in [-0.05, 0) is 34.9 Å². The Kier molecular flexibility index (Phi) is 5.03. The molecule has 1 aromatic heterocycles. The number of carboxylic acid groups (broad SMARTS) is 1. The summed E-state index contributed by atoms with van der Waals surface area (Å²) in [5.41, 5.74) is 3.22. The lowest BCUT2D eigenvalue weighted by Crippen LogP contribution is -2.62. The van der Waals surface area contributed by atoms with Crippen molar-refractivity contribution in [1.82, 2.24) is 9.88 Å². The van der Waals surface area contributed by atoms with Gasteiger partial charge in [-0.25, -0.2) is 4.79 Å². The Morgan fingerprint density at radius 1 is 1.11 bits per heavy atom. The zero-order chi connectivity index (χ0) is 19.6. The SMILES string of the molecule is O=C(O)N1CC(OCc2ccc(Cl)cc2)(c2ccccc2-c2cccnc2)C1. The summed E-state index contributed by atoms with van der Waals surface area (Å²) in [7, 11) is 0. The van der Waals surface area contributed by atoms with Crippen molar-refractivity contribution in [2.75, 3.05) is 13.1 Å². The molecule has 0 spiro atoms. The molecule has 3 aromatic rings. The Hall–Kier alpha value is -2.89. The molecule has 0 radical (unpaired) electrons. The number of benzene rings is 2. The molecular weight excluding hydrogens is 376 g/mol. The molecule has 2 heterocycles. The monoisotopic (exact) mass is 394 g/mol. The lowest BCUT2D eigenvalue weighted by molar-refractivity contribution is -0.147. The number of carbonyl (C=O) groups is 1. The molecule has 0 saturated carbocycles. The fourth-order valence-electron chi connectivity index (χ4n) is 3.50. The van der Waals surface area contributed by atoms with Crippen LogP contribution in [0.15, 0.2) is 73.1 Å². The fourth-order valence-corrected chi connectivity index (χ4v) is 3.63. The zero-order valence-electron chi connectivity index (χ0n) is 15.1. The first kappa shape index (κ1) is 18.5. The molecule has 0 bridgehead atoms. The highest BCUT2D eigenvalue weighted by molar-refractivity contribution is 6.30. The molecule has 1 aliphatic heterocycles.